The molecule has 1 aliphatic heterocycles. The summed E-state index contributed by atoms with van der Waals surface area (Å²) in [4.78, 5) is 38.9. The molecule has 14 heteroatoms. The number of benzene rings is 2. The number of carboxylic acids is 1. The molecule has 43 heavy (non-hydrogen) atoms. The van der Waals surface area contributed by atoms with Crippen molar-refractivity contribution in [1.82, 2.24) is 15.1 Å². The van der Waals surface area contributed by atoms with Gasteiger partial charge in [0.2, 0.25) is 5.91 Å². The zero-order chi connectivity index (χ0) is 30.9. The molecule has 2 aliphatic rings. The van der Waals surface area contributed by atoms with Gasteiger partial charge in [-0.05, 0) is 55.9 Å². The summed E-state index contributed by atoms with van der Waals surface area (Å²) in [5.41, 5.74) is 0.777. The minimum atomic E-state index is -3.46. The van der Waals surface area contributed by atoms with Crippen molar-refractivity contribution in [2.24, 2.45) is 5.92 Å². The number of carbonyl (C=O) groups is 3. The number of hydrogen-bond donors (Lipinski definition) is 3. The van der Waals surface area contributed by atoms with Crippen molar-refractivity contribution in [2.75, 3.05) is 24.7 Å². The molecule has 1 saturated carbocycles. The number of H-pyrrole nitrogens is 1. The number of aliphatic carboxylic acids is 1. The highest BCUT2D eigenvalue weighted by Gasteiger charge is 2.40. The lowest BCUT2D eigenvalue weighted by molar-refractivity contribution is -0.144. The lowest BCUT2D eigenvalue weighted by Crippen LogP contribution is -2.41. The van der Waals surface area contributed by atoms with Crippen LogP contribution in [0.2, 0.25) is 5.02 Å². The van der Waals surface area contributed by atoms with Crippen LogP contribution in [0.1, 0.15) is 48.2 Å². The number of likely N-dealkylation sites (tertiary alicyclic amines) is 1. The number of sulfone groups is 1. The van der Waals surface area contributed by atoms with E-state index >= 15 is 4.39 Å². The Bertz CT molecular complexity index is 1660. The van der Waals surface area contributed by atoms with E-state index in [1.807, 2.05) is 0 Å². The molecule has 0 unspecified atom stereocenters. The van der Waals surface area contributed by atoms with E-state index in [0.29, 0.717) is 36.6 Å². The summed E-state index contributed by atoms with van der Waals surface area (Å²) in [6.07, 6.45) is 2.87. The number of nitrogens with one attached hydrogen (secondary N) is 2. The second-order valence-corrected chi connectivity index (χ2v) is 13.9. The van der Waals surface area contributed by atoms with Crippen molar-refractivity contribution in [2.45, 2.75) is 55.9 Å². The maximum Gasteiger partial charge on any atom is 0.306 e. The van der Waals surface area contributed by atoms with Crippen molar-refractivity contribution in [3.05, 3.63) is 58.5 Å². The fourth-order valence-electron chi connectivity index (χ4n) is 5.77. The molecular weight excluding hydrogens is 603 g/mol. The molecule has 2 atom stereocenters. The van der Waals surface area contributed by atoms with E-state index in [1.165, 1.54) is 11.0 Å². The Morgan fingerprint density at radius 2 is 1.91 bits per heavy atom. The topological polar surface area (TPSA) is 159 Å². The maximum atomic E-state index is 15.2. The fraction of sp³-hybridized carbons (Fsp3) is 0.448. The van der Waals surface area contributed by atoms with Crippen LogP contribution in [0, 0.1) is 11.7 Å². The molecule has 230 valence electrons. The van der Waals surface area contributed by atoms with Crippen molar-refractivity contribution in [3.63, 3.8) is 0 Å². The highest BCUT2D eigenvalue weighted by Crippen LogP contribution is 2.31. The third kappa shape index (κ3) is 7.00. The molecule has 3 N–H and O–H groups in total. The number of carbonyl (C=O) groups excluding carboxylic acids is 2. The van der Waals surface area contributed by atoms with Crippen molar-refractivity contribution >= 4 is 55.8 Å². The molecule has 0 bridgehead atoms. The number of amides is 2. The number of halogens is 2. The molecule has 1 saturated heterocycles. The Kier molecular flexibility index (Phi) is 9.04. The second kappa shape index (κ2) is 12.6. The van der Waals surface area contributed by atoms with Gasteiger partial charge in [0, 0.05) is 18.2 Å². The van der Waals surface area contributed by atoms with E-state index in [4.69, 9.17) is 16.3 Å². The number of rotatable bonds is 9. The van der Waals surface area contributed by atoms with Crippen molar-refractivity contribution in [3.8, 4) is 0 Å². The Morgan fingerprint density at radius 3 is 2.60 bits per heavy atom. The van der Waals surface area contributed by atoms with Gasteiger partial charge in [-0.25, -0.2) is 12.8 Å². The number of hydrogen-bond acceptors (Lipinski definition) is 7. The van der Waals surface area contributed by atoms with Crippen LogP contribution in [0.25, 0.3) is 10.9 Å². The molecule has 2 amide bonds. The minimum absolute atomic E-state index is 0.00677. The first-order valence-corrected chi connectivity index (χ1v) is 16.3. The van der Waals surface area contributed by atoms with Crippen LogP contribution < -0.4 is 5.32 Å². The number of aromatic amines is 1. The third-order valence-corrected chi connectivity index (χ3v) is 10.1. The smallest absolute Gasteiger partial charge is 0.306 e. The number of fused-ring (bicyclic) bond motifs is 1. The van der Waals surface area contributed by atoms with E-state index in [9.17, 15) is 27.9 Å². The molecule has 5 rings (SSSR count). The number of ether oxygens (including phenoxy) is 1. The summed E-state index contributed by atoms with van der Waals surface area (Å²) in [5, 5.41) is 18.4. The SMILES string of the molecule is CS(=O)(=O)[C@H]1C[C@@H](COC2CCC(C(=O)O)CC2)N(C(=O)Cc2cc(Cl)c(NC(=O)c3n[nH]c4ccccc34)cc2F)C1. The predicted molar refractivity (Wildman–Crippen MR) is 157 cm³/mol. The Balaban J connectivity index is 1.25. The maximum absolute atomic E-state index is 15.2. The molecule has 2 heterocycles. The molecule has 2 fully saturated rings. The fourth-order valence-corrected chi connectivity index (χ4v) is 7.01. The van der Waals surface area contributed by atoms with E-state index in [-0.39, 0.29) is 54.1 Å². The number of anilines is 1. The summed E-state index contributed by atoms with van der Waals surface area (Å²) in [6.45, 7) is 0.0504. The van der Waals surface area contributed by atoms with Gasteiger partial charge < -0.3 is 20.1 Å². The number of para-hydroxylation sites is 1. The van der Waals surface area contributed by atoms with Gasteiger partial charge in [0.05, 0.1) is 52.6 Å². The van der Waals surface area contributed by atoms with Crippen LogP contribution in [0.5, 0.6) is 0 Å². The average molecular weight is 635 g/mol. The van der Waals surface area contributed by atoms with Gasteiger partial charge in [-0.15, -0.1) is 0 Å². The van der Waals surface area contributed by atoms with Crippen LogP contribution in [-0.2, 0) is 30.6 Å². The lowest BCUT2D eigenvalue weighted by atomic mass is 9.87. The van der Waals surface area contributed by atoms with Crippen LogP contribution in [0.15, 0.2) is 36.4 Å². The van der Waals surface area contributed by atoms with Gasteiger partial charge >= 0.3 is 5.97 Å². The monoisotopic (exact) mass is 634 g/mol. The molecule has 2 aromatic carbocycles. The largest absolute Gasteiger partial charge is 0.481 e. The summed E-state index contributed by atoms with van der Waals surface area (Å²) in [5.74, 6) is -3.06. The third-order valence-electron chi connectivity index (χ3n) is 8.26. The molecule has 1 aliphatic carbocycles. The van der Waals surface area contributed by atoms with Crippen LogP contribution >= 0.6 is 11.6 Å². The van der Waals surface area contributed by atoms with E-state index in [2.05, 4.69) is 15.5 Å². The normalized spacial score (nSPS) is 22.5. The van der Waals surface area contributed by atoms with Crippen molar-refractivity contribution in [1.29, 1.82) is 0 Å². The molecular formula is C29H32ClFN4O7S. The van der Waals surface area contributed by atoms with Crippen LogP contribution in [-0.4, -0.2) is 83.2 Å². The second-order valence-electron chi connectivity index (χ2n) is 11.2. The molecule has 3 aromatic rings. The van der Waals surface area contributed by atoms with E-state index in [0.717, 1.165) is 12.3 Å². The van der Waals surface area contributed by atoms with Gasteiger partial charge in [0.25, 0.3) is 5.91 Å². The van der Waals surface area contributed by atoms with Crippen molar-refractivity contribution < 1.29 is 37.0 Å². The molecule has 11 nitrogen and oxygen atoms in total. The van der Waals surface area contributed by atoms with Gasteiger partial charge in [-0.2, -0.15) is 5.10 Å². The summed E-state index contributed by atoms with van der Waals surface area (Å²) >= 11 is 6.37. The predicted octanol–water partition coefficient (Wildman–Crippen LogP) is 3.82. The standard InChI is InChI=1S/C29H32ClFN4O7S/c1-43(40,41)20-12-18(15-42-19-8-6-16(7-9-19)29(38)39)35(14-20)26(36)11-17-10-22(30)25(13-23(17)31)32-28(37)27-21-4-2-3-5-24(21)33-34-27/h2-5,10,13,16,18-20H,6-9,11-12,14-15H2,1H3,(H,32,37)(H,33,34)(H,38,39)/t16?,18-,19?,20-/m0/s1. The summed E-state index contributed by atoms with van der Waals surface area (Å²) < 4.78 is 45.9. The summed E-state index contributed by atoms with van der Waals surface area (Å²) in [6, 6.07) is 8.80. The zero-order valence-electron chi connectivity index (χ0n) is 23.4. The Hall–Kier alpha value is -3.55. The highest BCUT2D eigenvalue weighted by molar-refractivity contribution is 7.91. The zero-order valence-corrected chi connectivity index (χ0v) is 25.0. The molecule has 0 spiro atoms. The van der Waals surface area contributed by atoms with Gasteiger partial charge in [0.15, 0.2) is 15.5 Å². The number of nitrogens with zero attached hydrogens (tertiary/aromatic N) is 2. The first-order chi connectivity index (χ1) is 20.4. The Labute approximate surface area is 252 Å². The van der Waals surface area contributed by atoms with Gasteiger partial charge in [-0.1, -0.05) is 29.8 Å². The van der Waals surface area contributed by atoms with Gasteiger partial charge in [0.1, 0.15) is 5.82 Å². The molecule has 0 radical (unpaired) electrons. The quantitative estimate of drug-likeness (QED) is 0.320. The molecule has 1 aromatic heterocycles. The van der Waals surface area contributed by atoms with Crippen LogP contribution in [0.4, 0.5) is 10.1 Å². The number of carboxylic acid groups (broad SMARTS) is 1. The van der Waals surface area contributed by atoms with E-state index < -0.39 is 50.6 Å². The first-order valence-electron chi connectivity index (χ1n) is 14.0. The van der Waals surface area contributed by atoms with Crippen LogP contribution in [0.3, 0.4) is 0 Å². The number of aromatic nitrogens is 2. The van der Waals surface area contributed by atoms with E-state index in [1.54, 1.807) is 24.3 Å². The first kappa shape index (κ1) is 30.9. The lowest BCUT2D eigenvalue weighted by Gasteiger charge is -2.30. The summed E-state index contributed by atoms with van der Waals surface area (Å²) in [7, 11) is -3.46. The Morgan fingerprint density at radius 1 is 1.19 bits per heavy atom. The minimum Gasteiger partial charge on any atom is -0.481 e. The van der Waals surface area contributed by atoms with Gasteiger partial charge in [-0.3, -0.25) is 19.5 Å². The average Bonchev–Trinajstić information content (AvgIpc) is 3.60. The highest BCUT2D eigenvalue weighted by atomic mass is 35.5.